The number of hydrogen-bond acceptors (Lipinski definition) is 4. The van der Waals surface area contributed by atoms with Crippen LogP contribution in [0.1, 0.15) is 31.2 Å². The van der Waals surface area contributed by atoms with Crippen LogP contribution in [0.15, 0.2) is 29.1 Å². The van der Waals surface area contributed by atoms with Crippen LogP contribution in [0, 0.1) is 12.8 Å². The van der Waals surface area contributed by atoms with Gasteiger partial charge in [-0.25, -0.2) is 9.78 Å². The molecule has 3 aromatic rings. The van der Waals surface area contributed by atoms with Crippen molar-refractivity contribution in [1.82, 2.24) is 9.55 Å². The Morgan fingerprint density at radius 1 is 1.29 bits per heavy atom. The Morgan fingerprint density at radius 3 is 2.86 bits per heavy atom. The Bertz CT molecular complexity index is 1120. The number of para-hydroxylation sites is 1. The van der Waals surface area contributed by atoms with Gasteiger partial charge in [-0.2, -0.15) is 0 Å². The maximum atomic E-state index is 13.1. The Morgan fingerprint density at radius 2 is 2.07 bits per heavy atom. The minimum atomic E-state index is -0.404. The topological polar surface area (TPSA) is 76.0 Å². The van der Waals surface area contributed by atoms with Crippen molar-refractivity contribution >= 4 is 49.9 Å². The molecule has 0 radical (unpaired) electrons. The SMILES string of the molecule is Cc1c(NC(=O)Nc2ccccc2Cl)sc2nc3n(c(=O)c12)CCC(C)CC3. The molecule has 0 fully saturated rings. The van der Waals surface area contributed by atoms with Crippen LogP contribution in [0.3, 0.4) is 0 Å². The molecule has 0 saturated carbocycles. The summed E-state index contributed by atoms with van der Waals surface area (Å²) in [6.45, 7) is 4.76. The minimum Gasteiger partial charge on any atom is -0.306 e. The number of aromatic nitrogens is 2. The number of nitrogens with one attached hydrogen (secondary N) is 2. The van der Waals surface area contributed by atoms with Crippen LogP contribution < -0.4 is 16.2 Å². The highest BCUT2D eigenvalue weighted by atomic mass is 35.5. The summed E-state index contributed by atoms with van der Waals surface area (Å²) in [6, 6.07) is 6.63. The van der Waals surface area contributed by atoms with Crippen LogP contribution in [0.5, 0.6) is 0 Å². The summed E-state index contributed by atoms with van der Waals surface area (Å²) in [5.74, 6) is 1.43. The lowest BCUT2D eigenvalue weighted by atomic mass is 10.0. The summed E-state index contributed by atoms with van der Waals surface area (Å²) in [5, 5.41) is 7.25. The minimum absolute atomic E-state index is 0.0117. The third-order valence-electron chi connectivity index (χ3n) is 5.18. The van der Waals surface area contributed by atoms with E-state index in [0.717, 1.165) is 30.7 Å². The van der Waals surface area contributed by atoms with Gasteiger partial charge in [-0.15, -0.1) is 0 Å². The predicted octanol–water partition coefficient (Wildman–Crippen LogP) is 5.04. The van der Waals surface area contributed by atoms with E-state index in [4.69, 9.17) is 16.6 Å². The van der Waals surface area contributed by atoms with Crippen molar-refractivity contribution in [3.05, 3.63) is 51.0 Å². The molecule has 0 spiro atoms. The van der Waals surface area contributed by atoms with Gasteiger partial charge in [0.2, 0.25) is 0 Å². The van der Waals surface area contributed by atoms with Crippen molar-refractivity contribution in [3.8, 4) is 0 Å². The van der Waals surface area contributed by atoms with Gasteiger partial charge in [-0.05, 0) is 43.4 Å². The number of anilines is 2. The summed E-state index contributed by atoms with van der Waals surface area (Å²) in [5.41, 5.74) is 1.27. The molecule has 146 valence electrons. The lowest BCUT2D eigenvalue weighted by molar-refractivity contribution is 0.262. The van der Waals surface area contributed by atoms with E-state index >= 15 is 0 Å². The van der Waals surface area contributed by atoms with E-state index in [1.807, 2.05) is 6.92 Å². The lowest BCUT2D eigenvalue weighted by Crippen LogP contribution is -2.24. The van der Waals surface area contributed by atoms with E-state index in [2.05, 4.69) is 17.6 Å². The molecule has 8 heteroatoms. The first kappa shape index (κ1) is 19.0. The van der Waals surface area contributed by atoms with Gasteiger partial charge >= 0.3 is 6.03 Å². The Hall–Kier alpha value is -2.38. The van der Waals surface area contributed by atoms with Gasteiger partial charge in [-0.3, -0.25) is 14.7 Å². The van der Waals surface area contributed by atoms with E-state index in [0.29, 0.717) is 38.4 Å². The van der Waals surface area contributed by atoms with Gasteiger partial charge < -0.3 is 5.32 Å². The highest BCUT2D eigenvalue weighted by Gasteiger charge is 2.21. The molecule has 0 saturated heterocycles. The summed E-state index contributed by atoms with van der Waals surface area (Å²) in [7, 11) is 0. The molecule has 1 aliphatic heterocycles. The Kier molecular flexibility index (Phi) is 5.12. The third-order valence-corrected chi connectivity index (χ3v) is 6.62. The van der Waals surface area contributed by atoms with Gasteiger partial charge in [0, 0.05) is 13.0 Å². The molecule has 2 amide bonds. The molecule has 1 atom stereocenters. The van der Waals surface area contributed by atoms with Crippen LogP contribution in [0.4, 0.5) is 15.5 Å². The van der Waals surface area contributed by atoms with Crippen LogP contribution in [-0.4, -0.2) is 15.6 Å². The van der Waals surface area contributed by atoms with Gasteiger partial charge in [0.05, 0.1) is 16.1 Å². The fraction of sp³-hybridized carbons (Fsp3) is 0.350. The molecule has 4 rings (SSSR count). The number of benzene rings is 1. The number of amides is 2. The molecule has 1 aliphatic rings. The number of carbonyl (C=O) groups excluding carboxylic acids is 1. The molecule has 28 heavy (non-hydrogen) atoms. The molecule has 2 N–H and O–H groups in total. The van der Waals surface area contributed by atoms with Crippen molar-refractivity contribution < 1.29 is 4.79 Å². The molecule has 0 bridgehead atoms. The average Bonchev–Trinajstić information content (AvgIpc) is 2.83. The molecular weight excluding hydrogens is 396 g/mol. The second-order valence-electron chi connectivity index (χ2n) is 7.21. The first-order valence-electron chi connectivity index (χ1n) is 9.29. The van der Waals surface area contributed by atoms with E-state index in [1.165, 1.54) is 11.3 Å². The molecular formula is C20H21ClN4O2S. The van der Waals surface area contributed by atoms with Crippen LogP contribution >= 0.6 is 22.9 Å². The molecule has 3 heterocycles. The third kappa shape index (κ3) is 3.52. The highest BCUT2D eigenvalue weighted by molar-refractivity contribution is 7.22. The molecule has 1 unspecified atom stereocenters. The number of rotatable bonds is 2. The van der Waals surface area contributed by atoms with Crippen LogP contribution in [0.2, 0.25) is 5.02 Å². The predicted molar refractivity (Wildman–Crippen MR) is 115 cm³/mol. The fourth-order valence-electron chi connectivity index (χ4n) is 3.49. The number of fused-ring (bicyclic) bond motifs is 2. The maximum absolute atomic E-state index is 13.1. The first-order chi connectivity index (χ1) is 13.4. The van der Waals surface area contributed by atoms with Crippen molar-refractivity contribution in [2.45, 2.75) is 39.7 Å². The Balaban J connectivity index is 1.65. The van der Waals surface area contributed by atoms with Crippen molar-refractivity contribution in [3.63, 3.8) is 0 Å². The molecule has 6 nitrogen and oxygen atoms in total. The zero-order valence-electron chi connectivity index (χ0n) is 15.7. The number of hydrogen-bond donors (Lipinski definition) is 2. The number of carbonyl (C=O) groups is 1. The van der Waals surface area contributed by atoms with E-state index < -0.39 is 6.03 Å². The summed E-state index contributed by atoms with van der Waals surface area (Å²) >= 11 is 7.42. The van der Waals surface area contributed by atoms with E-state index in [-0.39, 0.29) is 5.56 Å². The number of urea groups is 1. The van der Waals surface area contributed by atoms with Gasteiger partial charge in [0.1, 0.15) is 15.7 Å². The summed E-state index contributed by atoms with van der Waals surface area (Å²) < 4.78 is 1.80. The van der Waals surface area contributed by atoms with Crippen molar-refractivity contribution in [1.29, 1.82) is 0 Å². The zero-order valence-corrected chi connectivity index (χ0v) is 17.3. The van der Waals surface area contributed by atoms with Gasteiger partial charge in [-0.1, -0.05) is 42.0 Å². The van der Waals surface area contributed by atoms with E-state index in [9.17, 15) is 9.59 Å². The van der Waals surface area contributed by atoms with Gasteiger partial charge in [0.15, 0.2) is 0 Å². The quantitative estimate of drug-likeness (QED) is 0.614. The number of halogens is 1. The molecule has 2 aromatic heterocycles. The lowest BCUT2D eigenvalue weighted by Gasteiger charge is -2.08. The van der Waals surface area contributed by atoms with Crippen molar-refractivity contribution in [2.24, 2.45) is 5.92 Å². The standard InChI is InChI=1S/C20H21ClN4O2S/c1-11-7-8-15-23-18-16(19(26)25(15)10-9-11)12(2)17(28-18)24-20(27)22-14-6-4-3-5-13(14)21/h3-6,11H,7-10H2,1-2H3,(H2,22,24,27). The second kappa shape index (κ2) is 7.56. The highest BCUT2D eigenvalue weighted by Crippen LogP contribution is 2.33. The van der Waals surface area contributed by atoms with E-state index in [1.54, 1.807) is 28.8 Å². The normalized spacial score (nSPS) is 16.5. The monoisotopic (exact) mass is 416 g/mol. The largest absolute Gasteiger partial charge is 0.324 e. The average molecular weight is 417 g/mol. The maximum Gasteiger partial charge on any atom is 0.324 e. The summed E-state index contributed by atoms with van der Waals surface area (Å²) in [6.07, 6.45) is 2.82. The second-order valence-corrected chi connectivity index (χ2v) is 8.62. The summed E-state index contributed by atoms with van der Waals surface area (Å²) in [4.78, 5) is 30.9. The zero-order chi connectivity index (χ0) is 19.8. The number of aryl methyl sites for hydroxylation is 2. The fourth-order valence-corrected chi connectivity index (χ4v) is 4.76. The first-order valence-corrected chi connectivity index (χ1v) is 10.5. The van der Waals surface area contributed by atoms with Gasteiger partial charge in [0.25, 0.3) is 5.56 Å². The van der Waals surface area contributed by atoms with Crippen LogP contribution in [-0.2, 0) is 13.0 Å². The smallest absolute Gasteiger partial charge is 0.306 e. The Labute approximate surface area is 171 Å². The van der Waals surface area contributed by atoms with Crippen molar-refractivity contribution in [2.75, 3.05) is 10.6 Å². The molecule has 1 aromatic carbocycles. The number of thiophene rings is 1. The van der Waals surface area contributed by atoms with Crippen LogP contribution in [0.25, 0.3) is 10.2 Å². The number of nitrogens with zero attached hydrogens (tertiary/aromatic N) is 2. The molecule has 0 aliphatic carbocycles.